The number of rotatable bonds is 18. The summed E-state index contributed by atoms with van der Waals surface area (Å²) in [5.74, 6) is 0.445. The molecule has 0 spiro atoms. The van der Waals surface area contributed by atoms with E-state index in [4.69, 9.17) is 4.74 Å². The van der Waals surface area contributed by atoms with Gasteiger partial charge in [-0.2, -0.15) is 0 Å². The van der Waals surface area contributed by atoms with Crippen molar-refractivity contribution in [3.63, 3.8) is 0 Å². The van der Waals surface area contributed by atoms with Crippen molar-refractivity contribution >= 4 is 5.97 Å². The maximum absolute atomic E-state index is 12.1. The van der Waals surface area contributed by atoms with Crippen LogP contribution in [0.5, 0.6) is 5.75 Å². The van der Waals surface area contributed by atoms with E-state index in [2.05, 4.69) is 23.8 Å². The van der Waals surface area contributed by atoms with E-state index in [1.807, 2.05) is 36.7 Å². The van der Waals surface area contributed by atoms with Crippen molar-refractivity contribution in [3.8, 4) is 17.0 Å². The summed E-state index contributed by atoms with van der Waals surface area (Å²) >= 11 is 0. The number of carbonyl (C=O) groups excluding carboxylic acids is 1. The molecule has 0 saturated carbocycles. The van der Waals surface area contributed by atoms with Gasteiger partial charge in [0.1, 0.15) is 5.75 Å². The molecule has 0 aliphatic heterocycles. The van der Waals surface area contributed by atoms with Crippen LogP contribution in [0.1, 0.15) is 116 Å². The number of aromatic nitrogens is 2. The highest BCUT2D eigenvalue weighted by Crippen LogP contribution is 2.21. The second-order valence-corrected chi connectivity index (χ2v) is 9.13. The van der Waals surface area contributed by atoms with Crippen LogP contribution >= 0.6 is 0 Å². The number of unbranched alkanes of at least 4 members (excludes halogenated alkanes) is 12. The van der Waals surface area contributed by atoms with Crippen molar-refractivity contribution in [2.45, 2.75) is 117 Å². The molecule has 0 saturated heterocycles. The van der Waals surface area contributed by atoms with Gasteiger partial charge in [-0.15, -0.1) is 0 Å². The SMILES string of the molecule is CCCCCCCCCC(=O)Oc1ccc(-c2cnc(CCCCCCCCC)cn2)cc1. The summed E-state index contributed by atoms with van der Waals surface area (Å²) in [4.78, 5) is 21.2. The van der Waals surface area contributed by atoms with Crippen molar-refractivity contribution in [2.24, 2.45) is 0 Å². The topological polar surface area (TPSA) is 52.1 Å². The highest BCUT2D eigenvalue weighted by Gasteiger charge is 2.07. The normalized spacial score (nSPS) is 11.0. The number of carbonyl (C=O) groups is 1. The maximum atomic E-state index is 12.1. The minimum Gasteiger partial charge on any atom is -0.427 e. The van der Waals surface area contributed by atoms with E-state index in [-0.39, 0.29) is 5.97 Å². The van der Waals surface area contributed by atoms with Crippen molar-refractivity contribution in [3.05, 3.63) is 42.4 Å². The van der Waals surface area contributed by atoms with Crippen LogP contribution < -0.4 is 4.74 Å². The Labute approximate surface area is 201 Å². The number of esters is 1. The Morgan fingerprint density at radius 3 is 1.85 bits per heavy atom. The fraction of sp³-hybridized carbons (Fsp3) is 0.621. The van der Waals surface area contributed by atoms with Crippen molar-refractivity contribution in [2.75, 3.05) is 0 Å². The fourth-order valence-electron chi connectivity index (χ4n) is 4.00. The molecule has 0 bridgehead atoms. The van der Waals surface area contributed by atoms with E-state index in [9.17, 15) is 4.79 Å². The first-order chi connectivity index (χ1) is 16.2. The van der Waals surface area contributed by atoms with E-state index < -0.39 is 0 Å². The van der Waals surface area contributed by atoms with Gasteiger partial charge in [-0.05, 0) is 43.5 Å². The van der Waals surface area contributed by atoms with Gasteiger partial charge < -0.3 is 4.74 Å². The van der Waals surface area contributed by atoms with Crippen molar-refractivity contribution in [1.82, 2.24) is 9.97 Å². The van der Waals surface area contributed by atoms with E-state index >= 15 is 0 Å². The summed E-state index contributed by atoms with van der Waals surface area (Å²) < 4.78 is 5.48. The van der Waals surface area contributed by atoms with E-state index in [1.54, 1.807) is 0 Å². The lowest BCUT2D eigenvalue weighted by Gasteiger charge is -2.07. The Balaban J connectivity index is 1.66. The standard InChI is InChI=1S/C29H44N2O2/c1-3-5-7-9-11-13-15-17-26-23-31-28(24-30-26)25-19-21-27(22-20-25)33-29(32)18-16-14-12-10-8-6-4-2/h19-24H,3-18H2,1-2H3. The highest BCUT2D eigenvalue weighted by atomic mass is 16.5. The number of aryl methyl sites for hydroxylation is 1. The maximum Gasteiger partial charge on any atom is 0.311 e. The van der Waals surface area contributed by atoms with Crippen LogP contribution in [0, 0.1) is 0 Å². The molecule has 0 aliphatic rings. The average Bonchev–Trinajstić information content (AvgIpc) is 2.84. The number of nitrogens with zero attached hydrogens (tertiary/aromatic N) is 2. The molecule has 0 amide bonds. The van der Waals surface area contributed by atoms with Crippen LogP contribution in [0.25, 0.3) is 11.3 Å². The van der Waals surface area contributed by atoms with Gasteiger partial charge in [0.25, 0.3) is 0 Å². The Morgan fingerprint density at radius 1 is 0.697 bits per heavy atom. The molecule has 2 aromatic rings. The fourth-order valence-corrected chi connectivity index (χ4v) is 4.00. The Hall–Kier alpha value is -2.23. The lowest BCUT2D eigenvalue weighted by atomic mass is 10.1. The van der Waals surface area contributed by atoms with Gasteiger partial charge in [0.2, 0.25) is 0 Å². The summed E-state index contributed by atoms with van der Waals surface area (Å²) in [6.45, 7) is 4.48. The molecule has 2 rings (SSSR count). The Bertz CT molecular complexity index is 756. The lowest BCUT2D eigenvalue weighted by Crippen LogP contribution is -2.07. The second kappa shape index (κ2) is 17.3. The van der Waals surface area contributed by atoms with Gasteiger partial charge in [0.15, 0.2) is 0 Å². The summed E-state index contributed by atoms with van der Waals surface area (Å²) in [7, 11) is 0. The average molecular weight is 453 g/mol. The Kier molecular flexibility index (Phi) is 14.1. The first-order valence-corrected chi connectivity index (χ1v) is 13.3. The molecule has 4 nitrogen and oxygen atoms in total. The zero-order valence-electron chi connectivity index (χ0n) is 21.0. The van der Waals surface area contributed by atoms with E-state index in [1.165, 1.54) is 77.0 Å². The molecule has 0 radical (unpaired) electrons. The number of ether oxygens (including phenoxy) is 1. The first kappa shape index (κ1) is 27.0. The molecule has 0 atom stereocenters. The second-order valence-electron chi connectivity index (χ2n) is 9.13. The predicted octanol–water partition coefficient (Wildman–Crippen LogP) is 8.48. The summed E-state index contributed by atoms with van der Waals surface area (Å²) in [6, 6.07) is 7.56. The molecular weight excluding hydrogens is 408 g/mol. The van der Waals surface area contributed by atoms with Crippen molar-refractivity contribution < 1.29 is 9.53 Å². The Morgan fingerprint density at radius 2 is 1.27 bits per heavy atom. The van der Waals surface area contributed by atoms with Crippen LogP contribution in [0.15, 0.2) is 36.7 Å². The molecule has 0 unspecified atom stereocenters. The molecule has 0 N–H and O–H groups in total. The van der Waals surface area contributed by atoms with E-state index in [0.29, 0.717) is 12.2 Å². The quantitative estimate of drug-likeness (QED) is 0.129. The van der Waals surface area contributed by atoms with Crippen LogP contribution in [0.4, 0.5) is 0 Å². The lowest BCUT2D eigenvalue weighted by molar-refractivity contribution is -0.134. The molecule has 1 aromatic carbocycles. The summed E-state index contributed by atoms with van der Waals surface area (Å²) in [6.07, 6.45) is 22.7. The number of benzene rings is 1. The van der Waals surface area contributed by atoms with Gasteiger partial charge in [0, 0.05) is 18.2 Å². The van der Waals surface area contributed by atoms with Crippen LogP contribution in [-0.2, 0) is 11.2 Å². The molecular formula is C29H44N2O2. The molecule has 4 heteroatoms. The molecule has 182 valence electrons. The van der Waals surface area contributed by atoms with Crippen LogP contribution in [0.3, 0.4) is 0 Å². The minimum atomic E-state index is -0.147. The number of hydrogen-bond acceptors (Lipinski definition) is 4. The third-order valence-electron chi connectivity index (χ3n) is 6.11. The van der Waals surface area contributed by atoms with Crippen LogP contribution in [0.2, 0.25) is 0 Å². The van der Waals surface area contributed by atoms with E-state index in [0.717, 1.165) is 36.2 Å². The molecule has 1 aromatic heterocycles. The largest absolute Gasteiger partial charge is 0.427 e. The number of hydrogen-bond donors (Lipinski definition) is 0. The summed E-state index contributed by atoms with van der Waals surface area (Å²) in [5, 5.41) is 0. The highest BCUT2D eigenvalue weighted by molar-refractivity contribution is 5.72. The van der Waals surface area contributed by atoms with Gasteiger partial charge in [0.05, 0.1) is 17.6 Å². The van der Waals surface area contributed by atoms with Gasteiger partial charge in [-0.25, -0.2) is 0 Å². The van der Waals surface area contributed by atoms with Gasteiger partial charge in [-0.1, -0.05) is 90.9 Å². The monoisotopic (exact) mass is 452 g/mol. The molecule has 0 aliphatic carbocycles. The van der Waals surface area contributed by atoms with Crippen LogP contribution in [-0.4, -0.2) is 15.9 Å². The zero-order chi connectivity index (χ0) is 23.6. The molecule has 1 heterocycles. The van der Waals surface area contributed by atoms with Crippen molar-refractivity contribution in [1.29, 1.82) is 0 Å². The smallest absolute Gasteiger partial charge is 0.311 e. The third-order valence-corrected chi connectivity index (χ3v) is 6.11. The zero-order valence-corrected chi connectivity index (χ0v) is 21.0. The summed E-state index contributed by atoms with van der Waals surface area (Å²) in [5.41, 5.74) is 2.89. The van der Waals surface area contributed by atoms with Gasteiger partial charge >= 0.3 is 5.97 Å². The first-order valence-electron chi connectivity index (χ1n) is 13.3. The molecule has 0 fully saturated rings. The third kappa shape index (κ3) is 12.0. The minimum absolute atomic E-state index is 0.147. The molecule has 33 heavy (non-hydrogen) atoms. The predicted molar refractivity (Wildman–Crippen MR) is 137 cm³/mol. The van der Waals surface area contributed by atoms with Gasteiger partial charge in [-0.3, -0.25) is 14.8 Å².